The summed E-state index contributed by atoms with van der Waals surface area (Å²) < 4.78 is 4.32. The van der Waals surface area contributed by atoms with Gasteiger partial charge in [0.1, 0.15) is 5.82 Å². The van der Waals surface area contributed by atoms with Crippen LogP contribution in [0.4, 0.5) is 5.13 Å². The first kappa shape index (κ1) is 9.27. The fraction of sp³-hybridized carbons (Fsp3) is 0.750. The molecule has 1 aromatic heterocycles. The molecule has 1 saturated carbocycles. The molecule has 1 fully saturated rings. The molecule has 5 heteroatoms. The number of nitrogens with zero attached hydrogens (tertiary/aromatic N) is 2. The lowest BCUT2D eigenvalue weighted by molar-refractivity contribution is 0.983. The predicted molar refractivity (Wildman–Crippen MR) is 58.8 cm³/mol. The molecule has 1 aromatic rings. The SMILES string of the molecule is CSCCNc1nc(C2CC2)ns1. The van der Waals surface area contributed by atoms with Crippen LogP contribution in [0, 0.1) is 0 Å². The molecule has 0 saturated heterocycles. The van der Waals surface area contributed by atoms with Crippen molar-refractivity contribution < 1.29 is 0 Å². The molecular weight excluding hydrogens is 202 g/mol. The van der Waals surface area contributed by atoms with Crippen molar-refractivity contribution in [3.05, 3.63) is 5.82 Å². The third-order valence-corrected chi connectivity index (χ3v) is 3.27. The Labute approximate surface area is 86.5 Å². The van der Waals surface area contributed by atoms with Crippen LogP contribution in [-0.2, 0) is 0 Å². The lowest BCUT2D eigenvalue weighted by Crippen LogP contribution is -2.03. The number of anilines is 1. The van der Waals surface area contributed by atoms with E-state index in [1.807, 2.05) is 11.8 Å². The Morgan fingerprint density at radius 2 is 2.46 bits per heavy atom. The molecule has 0 amide bonds. The van der Waals surface area contributed by atoms with E-state index in [4.69, 9.17) is 0 Å². The average Bonchev–Trinajstić information content (AvgIpc) is 2.88. The van der Waals surface area contributed by atoms with Gasteiger partial charge in [0.15, 0.2) is 0 Å². The molecule has 1 aliphatic carbocycles. The molecule has 0 spiro atoms. The van der Waals surface area contributed by atoms with Gasteiger partial charge in [0.25, 0.3) is 0 Å². The largest absolute Gasteiger partial charge is 0.359 e. The number of nitrogens with one attached hydrogen (secondary N) is 1. The maximum absolute atomic E-state index is 4.43. The summed E-state index contributed by atoms with van der Waals surface area (Å²) in [6, 6.07) is 0. The van der Waals surface area contributed by atoms with E-state index < -0.39 is 0 Å². The summed E-state index contributed by atoms with van der Waals surface area (Å²) in [4.78, 5) is 4.43. The van der Waals surface area contributed by atoms with Gasteiger partial charge in [-0.05, 0) is 19.1 Å². The average molecular weight is 215 g/mol. The molecule has 0 radical (unpaired) electrons. The van der Waals surface area contributed by atoms with E-state index in [0.29, 0.717) is 5.92 Å². The Bertz CT molecular complexity index is 270. The molecule has 0 unspecified atom stereocenters. The van der Waals surface area contributed by atoms with Crippen LogP contribution in [0.25, 0.3) is 0 Å². The van der Waals surface area contributed by atoms with E-state index in [0.717, 1.165) is 23.3 Å². The van der Waals surface area contributed by atoms with E-state index in [1.54, 1.807) is 0 Å². The Morgan fingerprint density at radius 1 is 1.62 bits per heavy atom. The van der Waals surface area contributed by atoms with Gasteiger partial charge >= 0.3 is 0 Å². The van der Waals surface area contributed by atoms with Crippen molar-refractivity contribution in [2.24, 2.45) is 0 Å². The van der Waals surface area contributed by atoms with Crippen LogP contribution in [0.1, 0.15) is 24.6 Å². The van der Waals surface area contributed by atoms with Crippen LogP contribution >= 0.6 is 23.3 Å². The van der Waals surface area contributed by atoms with Crippen LogP contribution in [0.15, 0.2) is 0 Å². The topological polar surface area (TPSA) is 37.8 Å². The molecule has 0 aliphatic heterocycles. The molecule has 72 valence electrons. The quantitative estimate of drug-likeness (QED) is 0.764. The zero-order valence-electron chi connectivity index (χ0n) is 7.62. The van der Waals surface area contributed by atoms with Gasteiger partial charge in [0, 0.05) is 29.7 Å². The van der Waals surface area contributed by atoms with Gasteiger partial charge in [-0.1, -0.05) is 0 Å². The van der Waals surface area contributed by atoms with Gasteiger partial charge in [0.2, 0.25) is 5.13 Å². The minimum absolute atomic E-state index is 0.673. The van der Waals surface area contributed by atoms with Crippen molar-refractivity contribution in [1.82, 2.24) is 9.36 Å². The van der Waals surface area contributed by atoms with Gasteiger partial charge in [-0.25, -0.2) is 4.98 Å². The first-order valence-corrected chi connectivity index (χ1v) is 6.63. The highest BCUT2D eigenvalue weighted by Gasteiger charge is 2.27. The van der Waals surface area contributed by atoms with Crippen molar-refractivity contribution in [3.63, 3.8) is 0 Å². The second kappa shape index (κ2) is 4.28. The van der Waals surface area contributed by atoms with Crippen LogP contribution in [0.3, 0.4) is 0 Å². The molecule has 0 atom stereocenters. The molecule has 2 rings (SSSR count). The van der Waals surface area contributed by atoms with Gasteiger partial charge in [-0.3, -0.25) is 0 Å². The summed E-state index contributed by atoms with van der Waals surface area (Å²) in [5.41, 5.74) is 0. The highest BCUT2D eigenvalue weighted by atomic mass is 32.2. The number of hydrogen-bond acceptors (Lipinski definition) is 5. The second-order valence-corrected chi connectivity index (χ2v) is 4.89. The Balaban J connectivity index is 1.82. The number of thioether (sulfide) groups is 1. The summed E-state index contributed by atoms with van der Waals surface area (Å²) in [5, 5.41) is 4.26. The standard InChI is InChI=1S/C8H13N3S2/c1-12-5-4-9-8-10-7(11-13-8)6-2-3-6/h6H,2-5H2,1H3,(H,9,10,11). The van der Waals surface area contributed by atoms with Crippen molar-refractivity contribution in [3.8, 4) is 0 Å². The summed E-state index contributed by atoms with van der Waals surface area (Å²) in [5.74, 6) is 2.85. The number of aromatic nitrogens is 2. The minimum Gasteiger partial charge on any atom is -0.359 e. The zero-order chi connectivity index (χ0) is 9.10. The van der Waals surface area contributed by atoms with Crippen molar-refractivity contribution >= 4 is 28.4 Å². The molecule has 0 bridgehead atoms. The molecule has 1 N–H and O–H groups in total. The highest BCUT2D eigenvalue weighted by Crippen LogP contribution is 2.39. The van der Waals surface area contributed by atoms with Crippen molar-refractivity contribution in [1.29, 1.82) is 0 Å². The Hall–Kier alpha value is -0.290. The normalized spacial score (nSPS) is 16.1. The van der Waals surface area contributed by atoms with Crippen LogP contribution in [0.2, 0.25) is 0 Å². The summed E-state index contributed by atoms with van der Waals surface area (Å²) >= 11 is 3.33. The molecule has 1 aliphatic rings. The number of hydrogen-bond donors (Lipinski definition) is 1. The third kappa shape index (κ3) is 2.57. The zero-order valence-corrected chi connectivity index (χ0v) is 9.25. The van der Waals surface area contributed by atoms with E-state index in [9.17, 15) is 0 Å². The lowest BCUT2D eigenvalue weighted by Gasteiger charge is -1.97. The second-order valence-electron chi connectivity index (χ2n) is 3.15. The molecular formula is C8H13N3S2. The first-order chi connectivity index (χ1) is 6.40. The highest BCUT2D eigenvalue weighted by molar-refractivity contribution is 7.98. The third-order valence-electron chi connectivity index (χ3n) is 1.97. The van der Waals surface area contributed by atoms with Crippen LogP contribution in [0.5, 0.6) is 0 Å². The van der Waals surface area contributed by atoms with Crippen molar-refractivity contribution in [2.45, 2.75) is 18.8 Å². The van der Waals surface area contributed by atoms with Gasteiger partial charge in [-0.2, -0.15) is 16.1 Å². The van der Waals surface area contributed by atoms with Crippen LogP contribution < -0.4 is 5.32 Å². The first-order valence-electron chi connectivity index (χ1n) is 4.46. The molecule has 1 heterocycles. The fourth-order valence-electron chi connectivity index (χ4n) is 1.07. The van der Waals surface area contributed by atoms with E-state index in [2.05, 4.69) is 20.9 Å². The molecule has 13 heavy (non-hydrogen) atoms. The minimum atomic E-state index is 0.673. The van der Waals surface area contributed by atoms with Gasteiger partial charge in [-0.15, -0.1) is 0 Å². The maximum Gasteiger partial charge on any atom is 0.202 e. The van der Waals surface area contributed by atoms with Crippen molar-refractivity contribution in [2.75, 3.05) is 23.9 Å². The summed E-state index contributed by atoms with van der Waals surface area (Å²) in [7, 11) is 0. The van der Waals surface area contributed by atoms with E-state index in [1.165, 1.54) is 24.4 Å². The van der Waals surface area contributed by atoms with Crippen LogP contribution in [-0.4, -0.2) is 27.9 Å². The summed E-state index contributed by atoms with van der Waals surface area (Å²) in [6.07, 6.45) is 4.67. The smallest absolute Gasteiger partial charge is 0.202 e. The number of rotatable bonds is 5. The molecule has 0 aromatic carbocycles. The molecule has 3 nitrogen and oxygen atoms in total. The van der Waals surface area contributed by atoms with Gasteiger partial charge in [0.05, 0.1) is 0 Å². The Morgan fingerprint density at radius 3 is 3.15 bits per heavy atom. The monoisotopic (exact) mass is 215 g/mol. The predicted octanol–water partition coefficient (Wildman–Crippen LogP) is 2.19. The summed E-state index contributed by atoms with van der Waals surface area (Å²) in [6.45, 7) is 0.987. The van der Waals surface area contributed by atoms with E-state index in [-0.39, 0.29) is 0 Å². The van der Waals surface area contributed by atoms with E-state index >= 15 is 0 Å². The Kier molecular flexibility index (Phi) is 3.05. The lowest BCUT2D eigenvalue weighted by atomic mass is 10.4. The maximum atomic E-state index is 4.43. The fourth-order valence-corrected chi connectivity index (χ4v) is 2.05. The van der Waals surface area contributed by atoms with Gasteiger partial charge < -0.3 is 5.32 Å².